The van der Waals surface area contributed by atoms with Crippen LogP contribution in [0, 0.1) is 11.6 Å². The Morgan fingerprint density at radius 2 is 1.50 bits per heavy atom. The number of piperidine rings is 2. The van der Waals surface area contributed by atoms with Crippen molar-refractivity contribution in [3.8, 4) is 5.75 Å². The zero-order valence-electron chi connectivity index (χ0n) is 16.6. The largest absolute Gasteiger partial charge is 0.490 e. The highest BCUT2D eigenvalue weighted by Gasteiger charge is 2.33. The molecule has 2 saturated heterocycles. The molecule has 0 spiro atoms. The van der Waals surface area contributed by atoms with Crippen molar-refractivity contribution in [1.29, 1.82) is 0 Å². The fourth-order valence-corrected chi connectivity index (χ4v) is 5.75. The number of rotatable bonds is 5. The Morgan fingerprint density at radius 3 is 2.10 bits per heavy atom. The number of benzene rings is 1. The van der Waals surface area contributed by atoms with Crippen molar-refractivity contribution in [2.75, 3.05) is 26.2 Å². The van der Waals surface area contributed by atoms with Crippen LogP contribution in [0.4, 0.5) is 8.78 Å². The molecular weight excluding hydrogens is 412 g/mol. The first-order valence-electron chi connectivity index (χ1n) is 10.2. The van der Waals surface area contributed by atoms with Crippen molar-refractivity contribution < 1.29 is 21.9 Å². The van der Waals surface area contributed by atoms with Gasteiger partial charge in [-0.25, -0.2) is 17.2 Å². The Bertz CT molecular complexity index is 938. The minimum absolute atomic E-state index is 0.173. The number of hydrogen-bond donors (Lipinski definition) is 0. The molecule has 0 bridgehead atoms. The molecule has 0 radical (unpaired) electrons. The molecule has 9 heteroatoms. The molecular formula is C21H25F2N3O3S. The maximum atomic E-state index is 13.5. The second-order valence-electron chi connectivity index (χ2n) is 7.78. The first-order chi connectivity index (χ1) is 14.4. The SMILES string of the molecule is O=S(=O)(c1cc(F)cc(F)c1)N1CCC(N2CCC(Oc3ccncc3)CC2)CC1. The van der Waals surface area contributed by atoms with Gasteiger partial charge in [0.2, 0.25) is 10.0 Å². The average molecular weight is 438 g/mol. The first kappa shape index (κ1) is 21.1. The minimum atomic E-state index is -3.89. The van der Waals surface area contributed by atoms with Gasteiger partial charge in [-0.2, -0.15) is 4.31 Å². The van der Waals surface area contributed by atoms with Gasteiger partial charge in [-0.1, -0.05) is 0 Å². The van der Waals surface area contributed by atoms with Gasteiger partial charge in [0.05, 0.1) is 4.90 Å². The molecule has 2 aliphatic heterocycles. The minimum Gasteiger partial charge on any atom is -0.490 e. The van der Waals surface area contributed by atoms with E-state index in [9.17, 15) is 17.2 Å². The van der Waals surface area contributed by atoms with Crippen LogP contribution in [-0.4, -0.2) is 60.9 Å². The van der Waals surface area contributed by atoms with Crippen LogP contribution in [0.5, 0.6) is 5.75 Å². The van der Waals surface area contributed by atoms with E-state index in [0.29, 0.717) is 38.0 Å². The third kappa shape index (κ3) is 4.79. The summed E-state index contributed by atoms with van der Waals surface area (Å²) in [6, 6.07) is 6.44. The highest BCUT2D eigenvalue weighted by Crippen LogP contribution is 2.27. The third-order valence-electron chi connectivity index (χ3n) is 5.84. The Balaban J connectivity index is 1.30. The summed E-state index contributed by atoms with van der Waals surface area (Å²) in [5.74, 6) is -0.948. The van der Waals surface area contributed by atoms with Gasteiger partial charge in [0.1, 0.15) is 23.5 Å². The molecule has 1 aromatic carbocycles. The molecule has 2 fully saturated rings. The lowest BCUT2D eigenvalue weighted by Crippen LogP contribution is -2.50. The van der Waals surface area contributed by atoms with Gasteiger partial charge in [-0.3, -0.25) is 4.98 Å². The number of sulfonamides is 1. The predicted molar refractivity (Wildman–Crippen MR) is 108 cm³/mol. The molecule has 0 atom stereocenters. The normalized spacial score (nSPS) is 20.3. The first-order valence-corrected chi connectivity index (χ1v) is 11.6. The summed E-state index contributed by atoms with van der Waals surface area (Å²) in [5, 5.41) is 0. The maximum Gasteiger partial charge on any atom is 0.243 e. The fraction of sp³-hybridized carbons (Fsp3) is 0.476. The van der Waals surface area contributed by atoms with E-state index in [1.165, 1.54) is 4.31 Å². The van der Waals surface area contributed by atoms with E-state index in [2.05, 4.69) is 9.88 Å². The molecule has 0 N–H and O–H groups in total. The van der Waals surface area contributed by atoms with Crippen molar-refractivity contribution in [2.45, 2.75) is 42.7 Å². The highest BCUT2D eigenvalue weighted by atomic mass is 32.2. The van der Waals surface area contributed by atoms with Crippen molar-refractivity contribution in [3.63, 3.8) is 0 Å². The van der Waals surface area contributed by atoms with Gasteiger partial charge >= 0.3 is 0 Å². The number of halogens is 2. The predicted octanol–water partition coefficient (Wildman–Crippen LogP) is 3.06. The number of pyridine rings is 1. The Hall–Kier alpha value is -2.10. The van der Waals surface area contributed by atoms with Crippen molar-refractivity contribution in [1.82, 2.24) is 14.2 Å². The van der Waals surface area contributed by atoms with Crippen LogP contribution < -0.4 is 4.74 Å². The lowest BCUT2D eigenvalue weighted by Gasteiger charge is -2.41. The number of nitrogens with zero attached hydrogens (tertiary/aromatic N) is 3. The Labute approximate surface area is 175 Å². The van der Waals surface area contributed by atoms with Gasteiger partial charge in [0.15, 0.2) is 0 Å². The molecule has 0 unspecified atom stereocenters. The highest BCUT2D eigenvalue weighted by molar-refractivity contribution is 7.89. The summed E-state index contributed by atoms with van der Waals surface area (Å²) >= 11 is 0. The standard InChI is InChI=1S/C21H25F2N3O3S/c22-16-13-17(23)15-21(14-16)30(27,28)26-11-3-18(4-12-26)25-9-5-20(6-10-25)29-19-1-7-24-8-2-19/h1-2,7-8,13-15,18,20H,3-6,9-12H2. The maximum absolute atomic E-state index is 13.5. The Morgan fingerprint density at radius 1 is 0.900 bits per heavy atom. The summed E-state index contributed by atoms with van der Waals surface area (Å²) < 4.78 is 59.7. The number of hydrogen-bond acceptors (Lipinski definition) is 5. The summed E-state index contributed by atoms with van der Waals surface area (Å²) in [4.78, 5) is 6.07. The van der Waals surface area contributed by atoms with Crippen LogP contribution >= 0.6 is 0 Å². The lowest BCUT2D eigenvalue weighted by molar-refractivity contribution is 0.0585. The summed E-state index contributed by atoms with van der Waals surface area (Å²) in [6.45, 7) is 2.50. The molecule has 6 nitrogen and oxygen atoms in total. The van der Waals surface area contributed by atoms with Crippen LogP contribution in [0.1, 0.15) is 25.7 Å². The zero-order valence-corrected chi connectivity index (χ0v) is 17.4. The molecule has 4 rings (SSSR count). The van der Waals surface area contributed by atoms with E-state index in [-0.39, 0.29) is 11.0 Å². The molecule has 3 heterocycles. The van der Waals surface area contributed by atoms with Crippen LogP contribution in [0.25, 0.3) is 0 Å². The summed E-state index contributed by atoms with van der Waals surface area (Å²) in [5.41, 5.74) is 0. The van der Waals surface area contributed by atoms with E-state index >= 15 is 0 Å². The van der Waals surface area contributed by atoms with Crippen LogP contribution in [0.2, 0.25) is 0 Å². The quantitative estimate of drug-likeness (QED) is 0.720. The number of aromatic nitrogens is 1. The van der Waals surface area contributed by atoms with Crippen LogP contribution in [0.3, 0.4) is 0 Å². The fourth-order valence-electron chi connectivity index (χ4n) is 4.24. The molecule has 2 aromatic rings. The summed E-state index contributed by atoms with van der Waals surface area (Å²) in [7, 11) is -3.89. The summed E-state index contributed by atoms with van der Waals surface area (Å²) in [6.07, 6.45) is 6.84. The molecule has 2 aliphatic rings. The molecule has 30 heavy (non-hydrogen) atoms. The number of likely N-dealkylation sites (tertiary alicyclic amines) is 1. The second-order valence-corrected chi connectivity index (χ2v) is 9.71. The van der Waals surface area contributed by atoms with E-state index in [0.717, 1.165) is 43.8 Å². The van der Waals surface area contributed by atoms with Crippen LogP contribution in [-0.2, 0) is 10.0 Å². The topological polar surface area (TPSA) is 62.7 Å². The average Bonchev–Trinajstić information content (AvgIpc) is 2.74. The second kappa shape index (κ2) is 8.95. The van der Waals surface area contributed by atoms with E-state index in [4.69, 9.17) is 4.74 Å². The molecule has 0 saturated carbocycles. The Kier molecular flexibility index (Phi) is 6.31. The van der Waals surface area contributed by atoms with Gasteiger partial charge in [-0.15, -0.1) is 0 Å². The van der Waals surface area contributed by atoms with E-state index in [1.54, 1.807) is 12.4 Å². The molecule has 0 aliphatic carbocycles. The molecule has 0 amide bonds. The van der Waals surface area contributed by atoms with Crippen molar-refractivity contribution in [3.05, 3.63) is 54.4 Å². The van der Waals surface area contributed by atoms with Gasteiger partial charge < -0.3 is 9.64 Å². The van der Waals surface area contributed by atoms with Gasteiger partial charge in [0, 0.05) is 50.7 Å². The van der Waals surface area contributed by atoms with Crippen molar-refractivity contribution in [2.24, 2.45) is 0 Å². The van der Waals surface area contributed by atoms with E-state index < -0.39 is 21.7 Å². The molecule has 1 aromatic heterocycles. The lowest BCUT2D eigenvalue weighted by atomic mass is 10.00. The molecule has 162 valence electrons. The van der Waals surface area contributed by atoms with Gasteiger partial charge in [-0.05, 0) is 49.9 Å². The van der Waals surface area contributed by atoms with Crippen molar-refractivity contribution >= 4 is 10.0 Å². The van der Waals surface area contributed by atoms with E-state index in [1.807, 2.05) is 12.1 Å². The van der Waals surface area contributed by atoms with Gasteiger partial charge in [0.25, 0.3) is 0 Å². The van der Waals surface area contributed by atoms with Crippen LogP contribution in [0.15, 0.2) is 47.6 Å². The third-order valence-corrected chi connectivity index (χ3v) is 7.72. The number of ether oxygens (including phenoxy) is 1. The monoisotopic (exact) mass is 437 g/mol. The zero-order chi connectivity index (χ0) is 21.1. The smallest absolute Gasteiger partial charge is 0.243 e.